The fraction of sp³-hybridized carbons (Fsp3) is 0.188. The van der Waals surface area contributed by atoms with Crippen molar-refractivity contribution >= 4 is 43.2 Å². The minimum Gasteiger partial charge on any atom is -0.491 e. The number of aryl methyl sites for hydroxylation is 1. The van der Waals surface area contributed by atoms with Crippen molar-refractivity contribution in [1.82, 2.24) is 9.29 Å². The molecule has 1 aromatic heterocycles. The minimum absolute atomic E-state index is 0.0939. The summed E-state index contributed by atoms with van der Waals surface area (Å²) in [4.78, 5) is 11.6. The summed E-state index contributed by atoms with van der Waals surface area (Å²) in [6.45, 7) is 0.237. The quantitative estimate of drug-likeness (QED) is 0.647. The lowest BCUT2D eigenvalue weighted by Gasteiger charge is -2.09. The van der Waals surface area contributed by atoms with Gasteiger partial charge < -0.3 is 9.30 Å². The van der Waals surface area contributed by atoms with Crippen LogP contribution in [0.5, 0.6) is 5.75 Å². The summed E-state index contributed by atoms with van der Waals surface area (Å²) in [5.41, 5.74) is 0.705. The van der Waals surface area contributed by atoms with Gasteiger partial charge in [-0.05, 0) is 30.3 Å². The topological polar surface area (TPSA) is 77.4 Å². The largest absolute Gasteiger partial charge is 0.491 e. The number of benzene rings is 2. The van der Waals surface area contributed by atoms with Crippen LogP contribution in [0.4, 0.5) is 0 Å². The SMILES string of the molecule is Cn1c(=O)sc2cc(S(=O)(=O)NCCOc3ccccc3Cl)ccc21. The Morgan fingerprint density at radius 1 is 1.24 bits per heavy atom. The number of hydrogen-bond acceptors (Lipinski definition) is 5. The molecule has 3 aromatic rings. The number of sulfonamides is 1. The van der Waals surface area contributed by atoms with Gasteiger partial charge in [0.25, 0.3) is 0 Å². The molecule has 0 unspecified atom stereocenters. The van der Waals surface area contributed by atoms with Gasteiger partial charge in [0.2, 0.25) is 10.0 Å². The molecule has 1 N–H and O–H groups in total. The maximum atomic E-state index is 12.4. The molecule has 25 heavy (non-hydrogen) atoms. The molecule has 0 saturated heterocycles. The Kier molecular flexibility index (Phi) is 5.14. The second kappa shape index (κ2) is 7.17. The van der Waals surface area contributed by atoms with E-state index in [0.717, 1.165) is 11.3 Å². The lowest BCUT2D eigenvalue weighted by atomic mass is 10.3. The first-order valence-electron chi connectivity index (χ1n) is 7.35. The summed E-state index contributed by atoms with van der Waals surface area (Å²) >= 11 is 6.98. The molecule has 9 heteroatoms. The third kappa shape index (κ3) is 3.87. The van der Waals surface area contributed by atoms with Crippen LogP contribution in [0, 0.1) is 0 Å². The number of aromatic nitrogens is 1. The highest BCUT2D eigenvalue weighted by molar-refractivity contribution is 7.89. The van der Waals surface area contributed by atoms with Gasteiger partial charge in [-0.25, -0.2) is 13.1 Å². The smallest absolute Gasteiger partial charge is 0.307 e. The van der Waals surface area contributed by atoms with Gasteiger partial charge in [-0.3, -0.25) is 4.79 Å². The van der Waals surface area contributed by atoms with Gasteiger partial charge in [0, 0.05) is 13.6 Å². The zero-order chi connectivity index (χ0) is 18.0. The van der Waals surface area contributed by atoms with Crippen LogP contribution in [0.15, 0.2) is 52.2 Å². The highest BCUT2D eigenvalue weighted by Crippen LogP contribution is 2.23. The Morgan fingerprint density at radius 3 is 2.76 bits per heavy atom. The van der Waals surface area contributed by atoms with Crippen molar-refractivity contribution in [1.29, 1.82) is 0 Å². The summed E-state index contributed by atoms with van der Waals surface area (Å²) < 4.78 is 34.8. The first kappa shape index (κ1) is 17.9. The molecule has 132 valence electrons. The molecule has 0 amide bonds. The molecule has 2 aromatic carbocycles. The molecular formula is C16H15ClN2O4S2. The van der Waals surface area contributed by atoms with E-state index in [-0.39, 0.29) is 22.9 Å². The number of halogens is 1. The molecule has 0 aliphatic rings. The van der Waals surface area contributed by atoms with E-state index < -0.39 is 10.0 Å². The Morgan fingerprint density at radius 2 is 2.00 bits per heavy atom. The standard InChI is InChI=1S/C16H15ClN2O4S2/c1-19-13-7-6-11(10-15(13)24-16(19)20)25(21,22)18-8-9-23-14-5-3-2-4-12(14)17/h2-7,10,18H,8-9H2,1H3. The van der Waals surface area contributed by atoms with Crippen LogP contribution in [0.3, 0.4) is 0 Å². The van der Waals surface area contributed by atoms with Crippen LogP contribution >= 0.6 is 22.9 Å². The van der Waals surface area contributed by atoms with Crippen LogP contribution in [-0.4, -0.2) is 26.1 Å². The lowest BCUT2D eigenvalue weighted by molar-refractivity contribution is 0.323. The van der Waals surface area contributed by atoms with E-state index in [0.29, 0.717) is 21.0 Å². The van der Waals surface area contributed by atoms with E-state index in [9.17, 15) is 13.2 Å². The van der Waals surface area contributed by atoms with Gasteiger partial charge in [0.1, 0.15) is 12.4 Å². The second-order valence-corrected chi connectivity index (χ2v) is 8.40. The number of rotatable bonds is 6. The molecule has 0 atom stereocenters. The van der Waals surface area contributed by atoms with Crippen LogP contribution in [-0.2, 0) is 17.1 Å². The average molecular weight is 399 g/mol. The molecule has 0 aliphatic carbocycles. The first-order chi connectivity index (χ1) is 11.9. The van der Waals surface area contributed by atoms with E-state index in [1.165, 1.54) is 16.7 Å². The fourth-order valence-electron chi connectivity index (χ4n) is 2.26. The summed E-state index contributed by atoms with van der Waals surface area (Å²) in [7, 11) is -2.04. The maximum Gasteiger partial charge on any atom is 0.307 e. The van der Waals surface area contributed by atoms with Gasteiger partial charge in [-0.1, -0.05) is 35.1 Å². The van der Waals surface area contributed by atoms with Gasteiger partial charge in [-0.15, -0.1) is 0 Å². The monoisotopic (exact) mass is 398 g/mol. The number of fused-ring (bicyclic) bond motifs is 1. The van der Waals surface area contributed by atoms with Crippen LogP contribution in [0.2, 0.25) is 5.02 Å². The Labute approximate surface area is 153 Å². The van der Waals surface area contributed by atoms with E-state index >= 15 is 0 Å². The van der Waals surface area contributed by atoms with Crippen molar-refractivity contribution in [3.05, 3.63) is 57.2 Å². The van der Waals surface area contributed by atoms with E-state index in [4.69, 9.17) is 16.3 Å². The molecule has 0 spiro atoms. The van der Waals surface area contributed by atoms with E-state index in [2.05, 4.69) is 4.72 Å². The summed E-state index contributed by atoms with van der Waals surface area (Å²) in [6, 6.07) is 11.6. The molecule has 1 heterocycles. The highest BCUT2D eigenvalue weighted by Gasteiger charge is 2.15. The summed E-state index contributed by atoms with van der Waals surface area (Å²) in [5.74, 6) is 0.499. The van der Waals surface area contributed by atoms with Gasteiger partial charge in [0.15, 0.2) is 0 Å². The van der Waals surface area contributed by atoms with Crippen molar-refractivity contribution in [2.24, 2.45) is 7.05 Å². The average Bonchev–Trinajstić information content (AvgIpc) is 2.87. The van der Waals surface area contributed by atoms with Crippen LogP contribution in [0.25, 0.3) is 10.2 Å². The third-order valence-corrected chi connectivity index (χ3v) is 6.33. The van der Waals surface area contributed by atoms with Crippen molar-refractivity contribution in [3.63, 3.8) is 0 Å². The molecule has 0 aliphatic heterocycles. The van der Waals surface area contributed by atoms with Crippen molar-refractivity contribution in [2.75, 3.05) is 13.2 Å². The molecule has 0 radical (unpaired) electrons. The zero-order valence-electron chi connectivity index (χ0n) is 13.2. The number of hydrogen-bond donors (Lipinski definition) is 1. The predicted molar refractivity (Wildman–Crippen MR) is 99.2 cm³/mol. The number of ether oxygens (including phenoxy) is 1. The van der Waals surface area contributed by atoms with Crippen LogP contribution in [0.1, 0.15) is 0 Å². The molecular weight excluding hydrogens is 384 g/mol. The van der Waals surface area contributed by atoms with E-state index in [1.54, 1.807) is 37.4 Å². The molecule has 6 nitrogen and oxygen atoms in total. The molecule has 3 rings (SSSR count). The van der Waals surface area contributed by atoms with Gasteiger partial charge >= 0.3 is 4.87 Å². The fourth-order valence-corrected chi connectivity index (χ4v) is 4.49. The van der Waals surface area contributed by atoms with Crippen molar-refractivity contribution in [2.45, 2.75) is 4.90 Å². The van der Waals surface area contributed by atoms with Crippen molar-refractivity contribution in [3.8, 4) is 5.75 Å². The Bertz CT molecular complexity index is 1070. The zero-order valence-corrected chi connectivity index (χ0v) is 15.6. The number of nitrogens with one attached hydrogen (secondary N) is 1. The van der Waals surface area contributed by atoms with Gasteiger partial charge in [0.05, 0.1) is 20.1 Å². The Balaban J connectivity index is 1.67. The van der Waals surface area contributed by atoms with E-state index in [1.807, 2.05) is 0 Å². The molecule has 0 fully saturated rings. The summed E-state index contributed by atoms with van der Waals surface area (Å²) in [5, 5.41) is 0.467. The highest BCUT2D eigenvalue weighted by atomic mass is 35.5. The normalized spacial score (nSPS) is 11.8. The number of para-hydroxylation sites is 1. The third-order valence-electron chi connectivity index (χ3n) is 3.56. The number of thiazole rings is 1. The summed E-state index contributed by atoms with van der Waals surface area (Å²) in [6.07, 6.45) is 0. The Hall–Kier alpha value is -1.87. The number of nitrogens with zero attached hydrogens (tertiary/aromatic N) is 1. The second-order valence-electron chi connectivity index (χ2n) is 5.23. The van der Waals surface area contributed by atoms with Crippen LogP contribution < -0.4 is 14.3 Å². The maximum absolute atomic E-state index is 12.4. The predicted octanol–water partition coefficient (Wildman–Crippen LogP) is 2.61. The van der Waals surface area contributed by atoms with Crippen molar-refractivity contribution < 1.29 is 13.2 Å². The molecule has 0 saturated carbocycles. The van der Waals surface area contributed by atoms with Gasteiger partial charge in [-0.2, -0.15) is 0 Å². The lowest BCUT2D eigenvalue weighted by Crippen LogP contribution is -2.28. The molecule has 0 bridgehead atoms. The minimum atomic E-state index is -3.69. The first-order valence-corrected chi connectivity index (χ1v) is 10.0.